The highest BCUT2D eigenvalue weighted by Crippen LogP contribution is 2.33. The van der Waals surface area contributed by atoms with Crippen molar-refractivity contribution in [3.63, 3.8) is 0 Å². The number of carbonyl (C=O) groups excluding carboxylic acids is 1. The SMILES string of the molecule is CS(=O)(=O)N1CCC(C(=O)N2CCCc3ccc([N+](=O)[O-])cc32)CC1. The molecule has 8 nitrogen and oxygen atoms in total. The van der Waals surface area contributed by atoms with E-state index in [0.29, 0.717) is 38.2 Å². The number of fused-ring (bicyclic) bond motifs is 1. The molecule has 0 atom stereocenters. The van der Waals surface area contributed by atoms with Gasteiger partial charge in [0, 0.05) is 37.7 Å². The first-order chi connectivity index (χ1) is 11.8. The van der Waals surface area contributed by atoms with Gasteiger partial charge in [0.05, 0.1) is 16.9 Å². The van der Waals surface area contributed by atoms with E-state index in [0.717, 1.165) is 18.4 Å². The molecule has 0 N–H and O–H groups in total. The summed E-state index contributed by atoms with van der Waals surface area (Å²) in [4.78, 5) is 25.2. The Hall–Kier alpha value is -2.00. The number of benzene rings is 1. The Labute approximate surface area is 146 Å². The largest absolute Gasteiger partial charge is 0.312 e. The van der Waals surface area contributed by atoms with Crippen LogP contribution in [0.3, 0.4) is 0 Å². The van der Waals surface area contributed by atoms with Crippen LogP contribution in [0.25, 0.3) is 0 Å². The number of carbonyl (C=O) groups is 1. The Kier molecular flexibility index (Phi) is 4.79. The summed E-state index contributed by atoms with van der Waals surface area (Å²) in [6.45, 7) is 1.22. The van der Waals surface area contributed by atoms with Crippen LogP contribution in [0, 0.1) is 16.0 Å². The van der Waals surface area contributed by atoms with Gasteiger partial charge in [-0.3, -0.25) is 14.9 Å². The van der Waals surface area contributed by atoms with Crippen molar-refractivity contribution in [2.24, 2.45) is 5.92 Å². The van der Waals surface area contributed by atoms with E-state index in [1.165, 1.54) is 22.7 Å². The quantitative estimate of drug-likeness (QED) is 0.596. The molecular weight excluding hydrogens is 346 g/mol. The summed E-state index contributed by atoms with van der Waals surface area (Å²) in [5, 5.41) is 11.0. The molecule has 1 saturated heterocycles. The van der Waals surface area contributed by atoms with E-state index in [1.807, 2.05) is 0 Å². The monoisotopic (exact) mass is 367 g/mol. The van der Waals surface area contributed by atoms with Gasteiger partial charge in [-0.25, -0.2) is 12.7 Å². The number of non-ortho nitro benzene ring substituents is 1. The van der Waals surface area contributed by atoms with Crippen molar-refractivity contribution in [1.29, 1.82) is 0 Å². The standard InChI is InChI=1S/C16H21N3O5S/c1-25(23,24)17-9-6-13(7-10-17)16(20)18-8-2-3-12-4-5-14(19(21)22)11-15(12)18/h4-5,11,13H,2-3,6-10H2,1H3. The molecule has 2 heterocycles. The van der Waals surface area contributed by atoms with Gasteiger partial charge < -0.3 is 4.90 Å². The average Bonchev–Trinajstić information content (AvgIpc) is 2.59. The summed E-state index contributed by atoms with van der Waals surface area (Å²) < 4.78 is 24.6. The molecule has 3 rings (SSSR count). The zero-order chi connectivity index (χ0) is 18.2. The van der Waals surface area contributed by atoms with Crippen LogP contribution in [0.2, 0.25) is 0 Å². The van der Waals surface area contributed by atoms with Crippen molar-refractivity contribution in [2.75, 3.05) is 30.8 Å². The van der Waals surface area contributed by atoms with E-state index in [9.17, 15) is 23.3 Å². The maximum Gasteiger partial charge on any atom is 0.271 e. The number of nitro benzene ring substituents is 1. The number of nitrogens with zero attached hydrogens (tertiary/aromatic N) is 3. The van der Waals surface area contributed by atoms with E-state index in [2.05, 4.69) is 0 Å². The number of rotatable bonds is 3. The Morgan fingerprint density at radius 2 is 1.92 bits per heavy atom. The van der Waals surface area contributed by atoms with Gasteiger partial charge in [0.2, 0.25) is 15.9 Å². The lowest BCUT2D eigenvalue weighted by Crippen LogP contribution is -2.45. The number of sulfonamides is 1. The average molecular weight is 367 g/mol. The number of amides is 1. The van der Waals surface area contributed by atoms with Crippen molar-refractivity contribution in [2.45, 2.75) is 25.7 Å². The molecule has 0 bridgehead atoms. The van der Waals surface area contributed by atoms with E-state index in [4.69, 9.17) is 0 Å². The molecule has 1 aromatic carbocycles. The number of aryl methyl sites for hydroxylation is 1. The van der Waals surface area contributed by atoms with Gasteiger partial charge in [-0.15, -0.1) is 0 Å². The van der Waals surface area contributed by atoms with Crippen LogP contribution in [0.5, 0.6) is 0 Å². The van der Waals surface area contributed by atoms with Crippen molar-refractivity contribution in [1.82, 2.24) is 4.31 Å². The highest BCUT2D eigenvalue weighted by molar-refractivity contribution is 7.88. The number of hydrogen-bond acceptors (Lipinski definition) is 5. The summed E-state index contributed by atoms with van der Waals surface area (Å²) in [5.74, 6) is -0.308. The first-order valence-electron chi connectivity index (χ1n) is 8.31. The van der Waals surface area contributed by atoms with Crippen LogP contribution in [0.4, 0.5) is 11.4 Å². The molecule has 1 fully saturated rings. The molecule has 0 aliphatic carbocycles. The van der Waals surface area contributed by atoms with Crippen LogP contribution in [-0.4, -0.2) is 49.4 Å². The summed E-state index contributed by atoms with van der Waals surface area (Å²) in [5.41, 5.74) is 1.54. The minimum absolute atomic E-state index is 0.0228. The fraction of sp³-hybridized carbons (Fsp3) is 0.562. The fourth-order valence-electron chi connectivity index (χ4n) is 3.56. The summed E-state index contributed by atoms with van der Waals surface area (Å²) in [7, 11) is -3.23. The van der Waals surface area contributed by atoms with Crippen molar-refractivity contribution in [3.8, 4) is 0 Å². The minimum Gasteiger partial charge on any atom is -0.312 e. The third kappa shape index (κ3) is 3.67. The maximum atomic E-state index is 12.9. The second-order valence-corrected chi connectivity index (χ2v) is 8.58. The van der Waals surface area contributed by atoms with Gasteiger partial charge in [-0.05, 0) is 31.2 Å². The molecule has 9 heteroatoms. The third-order valence-electron chi connectivity index (χ3n) is 4.94. The molecule has 136 valence electrons. The minimum atomic E-state index is -3.23. The first-order valence-corrected chi connectivity index (χ1v) is 10.2. The first kappa shape index (κ1) is 17.8. The molecule has 0 saturated carbocycles. The predicted octanol–water partition coefficient (Wildman–Crippen LogP) is 1.55. The van der Waals surface area contributed by atoms with E-state index < -0.39 is 14.9 Å². The Morgan fingerprint density at radius 1 is 1.24 bits per heavy atom. The Balaban J connectivity index is 1.79. The zero-order valence-corrected chi connectivity index (χ0v) is 14.9. The molecular formula is C16H21N3O5S. The fourth-order valence-corrected chi connectivity index (χ4v) is 4.43. The molecule has 1 amide bonds. The van der Waals surface area contributed by atoms with Gasteiger partial charge in [0.15, 0.2) is 0 Å². The van der Waals surface area contributed by atoms with Crippen LogP contribution in [0.1, 0.15) is 24.8 Å². The van der Waals surface area contributed by atoms with Gasteiger partial charge in [-0.2, -0.15) is 0 Å². The van der Waals surface area contributed by atoms with Crippen LogP contribution in [0.15, 0.2) is 18.2 Å². The van der Waals surface area contributed by atoms with Crippen LogP contribution >= 0.6 is 0 Å². The molecule has 2 aliphatic heterocycles. The summed E-state index contributed by atoms with van der Waals surface area (Å²) in [6, 6.07) is 4.66. The molecule has 0 aromatic heterocycles. The Morgan fingerprint density at radius 3 is 2.52 bits per heavy atom. The molecule has 1 aromatic rings. The van der Waals surface area contributed by atoms with E-state index >= 15 is 0 Å². The predicted molar refractivity (Wildman–Crippen MR) is 92.9 cm³/mol. The summed E-state index contributed by atoms with van der Waals surface area (Å²) >= 11 is 0. The topological polar surface area (TPSA) is 101 Å². The van der Waals surface area contributed by atoms with E-state index in [1.54, 1.807) is 11.0 Å². The second kappa shape index (κ2) is 6.72. The van der Waals surface area contributed by atoms with E-state index in [-0.39, 0.29) is 17.5 Å². The van der Waals surface area contributed by atoms with Crippen molar-refractivity contribution in [3.05, 3.63) is 33.9 Å². The lowest BCUT2D eigenvalue weighted by atomic mass is 9.94. The second-order valence-electron chi connectivity index (χ2n) is 6.60. The highest BCUT2D eigenvalue weighted by atomic mass is 32.2. The number of nitro groups is 1. The van der Waals surface area contributed by atoms with Gasteiger partial charge in [0.25, 0.3) is 5.69 Å². The van der Waals surface area contributed by atoms with Crippen LogP contribution in [-0.2, 0) is 21.2 Å². The number of hydrogen-bond donors (Lipinski definition) is 0. The molecule has 2 aliphatic rings. The zero-order valence-electron chi connectivity index (χ0n) is 14.1. The maximum absolute atomic E-state index is 12.9. The van der Waals surface area contributed by atoms with Gasteiger partial charge in [-0.1, -0.05) is 6.07 Å². The van der Waals surface area contributed by atoms with Gasteiger partial charge >= 0.3 is 0 Å². The molecule has 0 spiro atoms. The molecule has 25 heavy (non-hydrogen) atoms. The molecule has 0 unspecified atom stereocenters. The van der Waals surface area contributed by atoms with Gasteiger partial charge in [0.1, 0.15) is 0 Å². The van der Waals surface area contributed by atoms with Crippen molar-refractivity contribution < 1.29 is 18.1 Å². The van der Waals surface area contributed by atoms with Crippen molar-refractivity contribution >= 4 is 27.3 Å². The van der Waals surface area contributed by atoms with Crippen LogP contribution < -0.4 is 4.90 Å². The highest BCUT2D eigenvalue weighted by Gasteiger charge is 2.34. The summed E-state index contributed by atoms with van der Waals surface area (Å²) in [6.07, 6.45) is 3.75. The number of anilines is 1. The lowest BCUT2D eigenvalue weighted by molar-refractivity contribution is -0.384. The normalized spacial score (nSPS) is 19.5. The smallest absolute Gasteiger partial charge is 0.271 e. The number of piperidine rings is 1. The lowest BCUT2D eigenvalue weighted by Gasteiger charge is -2.35. The Bertz CT molecular complexity index is 800. The third-order valence-corrected chi connectivity index (χ3v) is 6.24. The molecule has 0 radical (unpaired) electrons.